The van der Waals surface area contributed by atoms with Gasteiger partial charge in [-0.2, -0.15) is 5.10 Å². The number of nitrogens with one attached hydrogen (secondary N) is 1. The highest BCUT2D eigenvalue weighted by Crippen LogP contribution is 2.38. The minimum Gasteiger partial charge on any atom is -0.465 e. The first-order valence-electron chi connectivity index (χ1n) is 9.28. The SMILES string of the molecule is COC(=O)c1cccc2nc(Oc3ccccc3)c(-c3ccnc4[nH]ncc34)cc12. The Balaban J connectivity index is 1.80. The van der Waals surface area contributed by atoms with Gasteiger partial charge in [-0.1, -0.05) is 24.3 Å². The average Bonchev–Trinajstić information content (AvgIpc) is 3.27. The highest BCUT2D eigenvalue weighted by atomic mass is 16.5. The highest BCUT2D eigenvalue weighted by molar-refractivity contribution is 6.06. The summed E-state index contributed by atoms with van der Waals surface area (Å²) in [5, 5.41) is 8.48. The van der Waals surface area contributed by atoms with Gasteiger partial charge in [0.15, 0.2) is 5.65 Å². The van der Waals surface area contributed by atoms with Crippen LogP contribution in [0.5, 0.6) is 11.6 Å². The topological polar surface area (TPSA) is 90.0 Å². The molecule has 2 aromatic carbocycles. The summed E-state index contributed by atoms with van der Waals surface area (Å²) in [5.41, 5.74) is 3.28. The number of rotatable bonds is 4. The fourth-order valence-electron chi connectivity index (χ4n) is 3.42. The molecule has 0 amide bonds. The number of benzene rings is 2. The van der Waals surface area contributed by atoms with Gasteiger partial charge < -0.3 is 9.47 Å². The molecule has 0 aliphatic heterocycles. The molecule has 3 aromatic heterocycles. The molecule has 0 saturated heterocycles. The normalized spacial score (nSPS) is 11.0. The summed E-state index contributed by atoms with van der Waals surface area (Å²) in [4.78, 5) is 21.4. The van der Waals surface area contributed by atoms with E-state index in [4.69, 9.17) is 14.5 Å². The van der Waals surface area contributed by atoms with Crippen molar-refractivity contribution in [2.45, 2.75) is 0 Å². The number of nitrogens with zero attached hydrogens (tertiary/aromatic N) is 3. The van der Waals surface area contributed by atoms with Crippen LogP contribution in [0.4, 0.5) is 0 Å². The fraction of sp³-hybridized carbons (Fsp3) is 0.0435. The second-order valence-electron chi connectivity index (χ2n) is 6.61. The zero-order valence-corrected chi connectivity index (χ0v) is 16.0. The van der Waals surface area contributed by atoms with Gasteiger partial charge in [0.25, 0.3) is 0 Å². The van der Waals surface area contributed by atoms with E-state index < -0.39 is 5.97 Å². The first kappa shape index (κ1) is 17.8. The number of ether oxygens (including phenoxy) is 2. The van der Waals surface area contributed by atoms with Crippen molar-refractivity contribution < 1.29 is 14.3 Å². The minimum absolute atomic E-state index is 0.421. The number of hydrogen-bond donors (Lipinski definition) is 1. The Labute approximate surface area is 171 Å². The number of esters is 1. The van der Waals surface area contributed by atoms with Crippen molar-refractivity contribution in [2.75, 3.05) is 7.11 Å². The van der Waals surface area contributed by atoms with E-state index in [0.29, 0.717) is 33.7 Å². The minimum atomic E-state index is -0.423. The van der Waals surface area contributed by atoms with Crippen LogP contribution < -0.4 is 4.74 Å². The largest absolute Gasteiger partial charge is 0.465 e. The molecule has 0 saturated carbocycles. The number of aromatic nitrogens is 4. The van der Waals surface area contributed by atoms with E-state index >= 15 is 0 Å². The van der Waals surface area contributed by atoms with E-state index in [1.54, 1.807) is 24.5 Å². The van der Waals surface area contributed by atoms with Crippen LogP contribution in [0, 0.1) is 0 Å². The van der Waals surface area contributed by atoms with Crippen molar-refractivity contribution in [1.82, 2.24) is 20.2 Å². The molecule has 0 bridgehead atoms. The summed E-state index contributed by atoms with van der Waals surface area (Å²) >= 11 is 0. The molecule has 0 radical (unpaired) electrons. The van der Waals surface area contributed by atoms with Crippen LogP contribution >= 0.6 is 0 Å². The zero-order chi connectivity index (χ0) is 20.5. The lowest BCUT2D eigenvalue weighted by Crippen LogP contribution is -2.03. The summed E-state index contributed by atoms with van der Waals surface area (Å²) in [5.74, 6) is 0.657. The first-order chi connectivity index (χ1) is 14.7. The number of carbonyl (C=O) groups excluding carboxylic acids is 1. The molecule has 3 heterocycles. The van der Waals surface area contributed by atoms with Crippen molar-refractivity contribution in [3.05, 3.63) is 78.6 Å². The van der Waals surface area contributed by atoms with Crippen LogP contribution in [0.3, 0.4) is 0 Å². The van der Waals surface area contributed by atoms with Crippen molar-refractivity contribution in [1.29, 1.82) is 0 Å². The summed E-state index contributed by atoms with van der Waals surface area (Å²) in [7, 11) is 1.36. The van der Waals surface area contributed by atoms with E-state index in [2.05, 4.69) is 15.2 Å². The molecule has 7 heteroatoms. The molecule has 7 nitrogen and oxygen atoms in total. The molecule has 0 aliphatic carbocycles. The number of pyridine rings is 2. The quantitative estimate of drug-likeness (QED) is 0.441. The van der Waals surface area contributed by atoms with E-state index in [9.17, 15) is 4.79 Å². The van der Waals surface area contributed by atoms with Crippen LogP contribution in [-0.4, -0.2) is 33.2 Å². The average molecular weight is 396 g/mol. The van der Waals surface area contributed by atoms with Gasteiger partial charge in [-0.05, 0) is 36.4 Å². The number of fused-ring (bicyclic) bond motifs is 2. The number of methoxy groups -OCH3 is 1. The lowest BCUT2D eigenvalue weighted by Gasteiger charge is -2.14. The van der Waals surface area contributed by atoms with Crippen LogP contribution in [0.2, 0.25) is 0 Å². The molecule has 1 N–H and O–H groups in total. The standard InChI is InChI=1S/C23H16N4O3/c1-29-23(28)16-8-5-9-20-17(16)12-18(15-10-11-24-21-19(15)13-25-27-21)22(26-20)30-14-6-3-2-4-7-14/h2-13H,1H3,(H,24,25,27). The first-order valence-corrected chi connectivity index (χ1v) is 9.28. The Kier molecular flexibility index (Phi) is 4.33. The molecular formula is C23H16N4O3. The molecule has 0 atom stereocenters. The third-order valence-electron chi connectivity index (χ3n) is 4.83. The molecule has 5 aromatic rings. The molecular weight excluding hydrogens is 380 g/mol. The van der Waals surface area contributed by atoms with E-state index in [-0.39, 0.29) is 0 Å². The Morgan fingerprint density at radius 3 is 2.67 bits per heavy atom. The predicted molar refractivity (Wildman–Crippen MR) is 112 cm³/mol. The van der Waals surface area contributed by atoms with Crippen molar-refractivity contribution in [3.8, 4) is 22.8 Å². The number of carbonyl (C=O) groups is 1. The Bertz CT molecular complexity index is 1380. The van der Waals surface area contributed by atoms with Gasteiger partial charge in [0, 0.05) is 28.1 Å². The summed E-state index contributed by atoms with van der Waals surface area (Å²) in [6, 6.07) is 18.5. The Morgan fingerprint density at radius 2 is 1.83 bits per heavy atom. The Morgan fingerprint density at radius 1 is 0.967 bits per heavy atom. The number of H-pyrrole nitrogens is 1. The second kappa shape index (κ2) is 7.29. The maximum absolute atomic E-state index is 12.3. The number of para-hydroxylation sites is 1. The number of aromatic amines is 1. The molecule has 146 valence electrons. The second-order valence-corrected chi connectivity index (χ2v) is 6.61. The van der Waals surface area contributed by atoms with Crippen LogP contribution in [0.1, 0.15) is 10.4 Å². The molecule has 30 heavy (non-hydrogen) atoms. The van der Waals surface area contributed by atoms with Gasteiger partial charge in [0.05, 0.1) is 24.4 Å². The lowest BCUT2D eigenvalue weighted by atomic mass is 10.0. The van der Waals surface area contributed by atoms with Gasteiger partial charge in [-0.25, -0.2) is 14.8 Å². The van der Waals surface area contributed by atoms with Crippen molar-refractivity contribution in [2.24, 2.45) is 0 Å². The maximum Gasteiger partial charge on any atom is 0.338 e. The van der Waals surface area contributed by atoms with Crippen molar-refractivity contribution in [3.63, 3.8) is 0 Å². The predicted octanol–water partition coefficient (Wildman–Crippen LogP) is 4.75. The van der Waals surface area contributed by atoms with Gasteiger partial charge in [0.1, 0.15) is 5.75 Å². The summed E-state index contributed by atoms with van der Waals surface area (Å²) in [6.07, 6.45) is 3.40. The molecule has 0 fully saturated rings. The van der Waals surface area contributed by atoms with Crippen LogP contribution in [0.15, 0.2) is 73.1 Å². The molecule has 0 aliphatic rings. The van der Waals surface area contributed by atoms with Crippen LogP contribution in [-0.2, 0) is 4.74 Å². The molecule has 0 spiro atoms. The Hall–Kier alpha value is -4.26. The highest BCUT2D eigenvalue weighted by Gasteiger charge is 2.18. The zero-order valence-electron chi connectivity index (χ0n) is 16.0. The molecule has 0 unspecified atom stereocenters. The molecule has 5 rings (SSSR count). The van der Waals surface area contributed by atoms with E-state index in [0.717, 1.165) is 16.5 Å². The van der Waals surface area contributed by atoms with Gasteiger partial charge in [-0.3, -0.25) is 5.10 Å². The van der Waals surface area contributed by atoms with E-state index in [1.165, 1.54) is 7.11 Å². The third kappa shape index (κ3) is 3.02. The smallest absolute Gasteiger partial charge is 0.338 e. The number of hydrogen-bond acceptors (Lipinski definition) is 6. The van der Waals surface area contributed by atoms with Gasteiger partial charge in [0.2, 0.25) is 5.88 Å². The van der Waals surface area contributed by atoms with Crippen molar-refractivity contribution >= 4 is 27.9 Å². The summed E-state index contributed by atoms with van der Waals surface area (Å²) in [6.45, 7) is 0. The van der Waals surface area contributed by atoms with E-state index in [1.807, 2.05) is 48.5 Å². The third-order valence-corrected chi connectivity index (χ3v) is 4.83. The lowest BCUT2D eigenvalue weighted by molar-refractivity contribution is 0.0603. The fourth-order valence-corrected chi connectivity index (χ4v) is 3.42. The van der Waals surface area contributed by atoms with Gasteiger partial charge >= 0.3 is 5.97 Å². The van der Waals surface area contributed by atoms with Crippen LogP contribution in [0.25, 0.3) is 33.1 Å². The summed E-state index contributed by atoms with van der Waals surface area (Å²) < 4.78 is 11.1. The maximum atomic E-state index is 12.3. The van der Waals surface area contributed by atoms with Gasteiger partial charge in [-0.15, -0.1) is 0 Å². The monoisotopic (exact) mass is 396 g/mol.